The maximum Gasteiger partial charge on any atom is 0.253 e. The van der Waals surface area contributed by atoms with Crippen molar-refractivity contribution in [1.82, 2.24) is 0 Å². The fourth-order valence-electron chi connectivity index (χ4n) is 2.49. The summed E-state index contributed by atoms with van der Waals surface area (Å²) in [5, 5.41) is 3.02. The van der Waals surface area contributed by atoms with Crippen LogP contribution >= 0.6 is 0 Å². The number of benzene rings is 2. The van der Waals surface area contributed by atoms with E-state index < -0.39 is 11.7 Å². The zero-order valence-electron chi connectivity index (χ0n) is 17.5. The molecule has 7 nitrogen and oxygen atoms in total. The number of methoxy groups -OCH3 is 3. The predicted octanol–water partition coefficient (Wildman–Crippen LogP) is 3.61. The van der Waals surface area contributed by atoms with E-state index in [1.165, 1.54) is 20.3 Å². The number of nitrogens with one attached hydrogen (secondary N) is 1. The van der Waals surface area contributed by atoms with Gasteiger partial charge in [-0.25, -0.2) is 4.39 Å². The molecule has 0 fully saturated rings. The quantitative estimate of drug-likeness (QED) is 0.584. The van der Waals surface area contributed by atoms with Crippen molar-refractivity contribution in [3.63, 3.8) is 0 Å². The third-order valence-electron chi connectivity index (χ3n) is 3.83. The molecule has 0 aliphatic rings. The van der Waals surface area contributed by atoms with Gasteiger partial charge in [0.05, 0.1) is 32.1 Å². The van der Waals surface area contributed by atoms with Crippen LogP contribution < -0.4 is 25.3 Å². The highest BCUT2D eigenvalue weighted by atomic mass is 19.1. The molecule has 0 aliphatic heterocycles. The molecule has 0 radical (unpaired) electrons. The van der Waals surface area contributed by atoms with Crippen LogP contribution in [0.2, 0.25) is 0 Å². The Morgan fingerprint density at radius 2 is 1.76 bits per heavy atom. The average Bonchev–Trinajstić information content (AvgIpc) is 2.73. The Morgan fingerprint density at radius 3 is 2.34 bits per heavy atom. The summed E-state index contributed by atoms with van der Waals surface area (Å²) < 4.78 is 35.2. The van der Waals surface area contributed by atoms with E-state index in [1.54, 1.807) is 19.2 Å². The van der Waals surface area contributed by atoms with Crippen molar-refractivity contribution in [3.05, 3.63) is 47.3 Å². The van der Waals surface area contributed by atoms with Crippen molar-refractivity contribution in [2.45, 2.75) is 20.4 Å². The van der Waals surface area contributed by atoms with Crippen molar-refractivity contribution >= 4 is 11.6 Å². The minimum Gasteiger partial charge on any atom is -0.497 e. The maximum atomic E-state index is 14.3. The van der Waals surface area contributed by atoms with Crippen LogP contribution in [0.5, 0.6) is 17.2 Å². The van der Waals surface area contributed by atoms with Crippen LogP contribution in [-0.4, -0.2) is 40.5 Å². The number of hydrogen-bond acceptors (Lipinski definition) is 6. The van der Waals surface area contributed by atoms with Crippen molar-refractivity contribution in [2.24, 2.45) is 5.73 Å². The standard InChI is InChI=1S/C19H23FN2O5.C2H6/c1-24-6-7-27-14-8-15(20)18(19(21)23)16(9-14)22-11-12-4-5-13(25-2)10-17(12)26-3;1-2/h4-5,8-10,22H,6-7,11H2,1-3H3,(H2,21,23);1-2H3. The number of carbonyl (C=O) groups excluding carboxylic acids is 1. The second kappa shape index (κ2) is 12.5. The molecular formula is C21H29FN2O5. The molecule has 0 heterocycles. The Balaban J connectivity index is 0.00000204. The lowest BCUT2D eigenvalue weighted by molar-refractivity contribution is 0.0997. The average molecular weight is 408 g/mol. The number of hydrogen-bond donors (Lipinski definition) is 2. The van der Waals surface area contributed by atoms with Crippen LogP contribution in [0.25, 0.3) is 0 Å². The van der Waals surface area contributed by atoms with E-state index >= 15 is 0 Å². The van der Waals surface area contributed by atoms with Gasteiger partial charge in [-0.3, -0.25) is 4.79 Å². The maximum absolute atomic E-state index is 14.3. The van der Waals surface area contributed by atoms with Gasteiger partial charge in [-0.2, -0.15) is 0 Å². The molecule has 2 rings (SSSR count). The van der Waals surface area contributed by atoms with Gasteiger partial charge in [-0.1, -0.05) is 13.8 Å². The van der Waals surface area contributed by atoms with E-state index in [2.05, 4.69) is 5.32 Å². The second-order valence-corrected chi connectivity index (χ2v) is 5.56. The fourth-order valence-corrected chi connectivity index (χ4v) is 2.49. The zero-order valence-corrected chi connectivity index (χ0v) is 17.5. The third-order valence-corrected chi connectivity index (χ3v) is 3.83. The number of nitrogens with two attached hydrogens (primary N) is 1. The van der Waals surface area contributed by atoms with Gasteiger partial charge in [0.1, 0.15) is 29.7 Å². The Kier molecular flexibility index (Phi) is 10.3. The summed E-state index contributed by atoms with van der Waals surface area (Å²) in [6.45, 7) is 4.87. The SMILES string of the molecule is CC.COCCOc1cc(F)c(C(N)=O)c(NCc2ccc(OC)cc2OC)c1. The van der Waals surface area contributed by atoms with Gasteiger partial charge >= 0.3 is 0 Å². The molecule has 160 valence electrons. The van der Waals surface area contributed by atoms with Gasteiger partial charge < -0.3 is 30.0 Å². The second-order valence-electron chi connectivity index (χ2n) is 5.56. The van der Waals surface area contributed by atoms with Crippen molar-refractivity contribution in [3.8, 4) is 17.2 Å². The number of halogens is 1. The number of amides is 1. The molecule has 3 N–H and O–H groups in total. The lowest BCUT2D eigenvalue weighted by Crippen LogP contribution is -2.17. The normalized spacial score (nSPS) is 9.86. The molecule has 0 atom stereocenters. The zero-order chi connectivity index (χ0) is 21.8. The monoisotopic (exact) mass is 408 g/mol. The summed E-state index contributed by atoms with van der Waals surface area (Å²) in [4.78, 5) is 11.7. The minimum absolute atomic E-state index is 0.229. The number of primary amides is 1. The van der Waals surface area contributed by atoms with Crippen LogP contribution in [0.4, 0.5) is 10.1 Å². The molecule has 29 heavy (non-hydrogen) atoms. The van der Waals surface area contributed by atoms with E-state index in [9.17, 15) is 9.18 Å². The van der Waals surface area contributed by atoms with Gasteiger partial charge in [-0.15, -0.1) is 0 Å². The number of rotatable bonds is 10. The van der Waals surface area contributed by atoms with Gasteiger partial charge in [0.2, 0.25) is 0 Å². The largest absolute Gasteiger partial charge is 0.497 e. The highest BCUT2D eigenvalue weighted by Gasteiger charge is 2.17. The van der Waals surface area contributed by atoms with Crippen LogP contribution in [0, 0.1) is 5.82 Å². The summed E-state index contributed by atoms with van der Waals surface area (Å²) in [5.74, 6) is -0.135. The Labute approximate surface area is 170 Å². The Hall–Kier alpha value is -3.00. The van der Waals surface area contributed by atoms with E-state index in [1.807, 2.05) is 19.9 Å². The predicted molar refractivity (Wildman–Crippen MR) is 111 cm³/mol. The topological polar surface area (TPSA) is 92.0 Å². The van der Waals surface area contributed by atoms with E-state index in [4.69, 9.17) is 24.7 Å². The molecule has 0 aliphatic carbocycles. The van der Waals surface area contributed by atoms with Crippen molar-refractivity contribution < 1.29 is 28.1 Å². The first-order valence-corrected chi connectivity index (χ1v) is 9.20. The molecule has 0 aromatic heterocycles. The van der Waals surface area contributed by atoms with Crippen molar-refractivity contribution in [1.29, 1.82) is 0 Å². The van der Waals surface area contributed by atoms with E-state index in [0.29, 0.717) is 18.1 Å². The fraction of sp³-hybridized carbons (Fsp3) is 0.381. The molecule has 2 aromatic carbocycles. The summed E-state index contributed by atoms with van der Waals surface area (Å²) in [6, 6.07) is 7.96. The smallest absolute Gasteiger partial charge is 0.253 e. The lowest BCUT2D eigenvalue weighted by Gasteiger charge is -2.15. The molecule has 0 saturated heterocycles. The summed E-state index contributed by atoms with van der Waals surface area (Å²) >= 11 is 0. The molecular weight excluding hydrogens is 379 g/mol. The first kappa shape index (κ1) is 24.0. The molecule has 0 spiro atoms. The molecule has 0 bridgehead atoms. The summed E-state index contributed by atoms with van der Waals surface area (Å²) in [6.07, 6.45) is 0. The summed E-state index contributed by atoms with van der Waals surface area (Å²) in [5.41, 5.74) is 6.12. The van der Waals surface area contributed by atoms with Crippen LogP contribution in [0.3, 0.4) is 0 Å². The van der Waals surface area contributed by atoms with Crippen LogP contribution in [0.1, 0.15) is 29.8 Å². The molecule has 0 unspecified atom stereocenters. The van der Waals surface area contributed by atoms with Gasteiger partial charge in [-0.05, 0) is 12.1 Å². The molecule has 8 heteroatoms. The molecule has 1 amide bonds. The van der Waals surface area contributed by atoms with Crippen LogP contribution in [-0.2, 0) is 11.3 Å². The van der Waals surface area contributed by atoms with Gasteiger partial charge in [0.15, 0.2) is 0 Å². The lowest BCUT2D eigenvalue weighted by atomic mass is 10.1. The molecule has 0 saturated carbocycles. The van der Waals surface area contributed by atoms with E-state index in [-0.39, 0.29) is 30.2 Å². The third kappa shape index (κ3) is 6.83. The highest BCUT2D eigenvalue weighted by molar-refractivity contribution is 5.99. The van der Waals surface area contributed by atoms with Crippen LogP contribution in [0.15, 0.2) is 30.3 Å². The van der Waals surface area contributed by atoms with Crippen molar-refractivity contribution in [2.75, 3.05) is 39.9 Å². The van der Waals surface area contributed by atoms with Gasteiger partial charge in [0, 0.05) is 37.4 Å². The first-order valence-electron chi connectivity index (χ1n) is 9.20. The first-order chi connectivity index (χ1) is 14.0. The molecule has 2 aromatic rings. The van der Waals surface area contributed by atoms with Gasteiger partial charge in [0.25, 0.3) is 5.91 Å². The minimum atomic E-state index is -0.875. The Bertz CT molecular complexity index is 799. The number of anilines is 1. The highest BCUT2D eigenvalue weighted by Crippen LogP contribution is 2.29. The number of ether oxygens (including phenoxy) is 4. The Morgan fingerprint density at radius 1 is 1.03 bits per heavy atom. The van der Waals surface area contributed by atoms with E-state index in [0.717, 1.165) is 11.6 Å². The number of carbonyl (C=O) groups is 1. The summed E-state index contributed by atoms with van der Waals surface area (Å²) in [7, 11) is 4.64.